The molecular weight excluding hydrogens is 323 g/mol. The van der Waals surface area contributed by atoms with Crippen LogP contribution >= 0.6 is 34.5 Å². The van der Waals surface area contributed by atoms with Crippen molar-refractivity contribution in [3.05, 3.63) is 45.3 Å². The summed E-state index contributed by atoms with van der Waals surface area (Å²) in [6.45, 7) is 0. The molecule has 0 atom stereocenters. The van der Waals surface area contributed by atoms with E-state index in [4.69, 9.17) is 28.3 Å². The zero-order chi connectivity index (χ0) is 14.7. The molecule has 0 radical (unpaired) electrons. The minimum absolute atomic E-state index is 0.140. The summed E-state index contributed by atoms with van der Waals surface area (Å²) in [7, 11) is 0. The molecule has 8 heteroatoms. The normalized spacial score (nSPS) is 10.1. The second kappa shape index (κ2) is 6.13. The fraction of sp³-hybridized carbons (Fsp3) is 0. The average molecular weight is 331 g/mol. The van der Waals surface area contributed by atoms with E-state index in [1.54, 1.807) is 12.1 Å². The maximum Gasteiger partial charge on any atom is 0.345 e. The minimum atomic E-state index is -1.04. The van der Waals surface area contributed by atoms with Crippen molar-refractivity contribution in [3.63, 3.8) is 0 Å². The molecule has 0 unspecified atom stereocenters. The highest BCUT2D eigenvalue weighted by Gasteiger charge is 2.10. The fourth-order valence-corrected chi connectivity index (χ4v) is 2.46. The predicted molar refractivity (Wildman–Crippen MR) is 80.4 cm³/mol. The Labute approximate surface area is 128 Å². The summed E-state index contributed by atoms with van der Waals surface area (Å²) in [6.07, 6.45) is 0. The number of hydrogen-bond acceptors (Lipinski definition) is 3. The van der Waals surface area contributed by atoms with E-state index in [2.05, 4.69) is 10.6 Å². The number of nitrogens with one attached hydrogen (secondary N) is 2. The topological polar surface area (TPSA) is 78.4 Å². The molecule has 2 aromatic rings. The number of amides is 2. The Balaban J connectivity index is 2.05. The maximum atomic E-state index is 11.8. The van der Waals surface area contributed by atoms with Crippen LogP contribution in [0.1, 0.15) is 9.67 Å². The molecule has 0 bridgehead atoms. The van der Waals surface area contributed by atoms with E-state index in [1.165, 1.54) is 18.2 Å². The van der Waals surface area contributed by atoms with Gasteiger partial charge in [-0.1, -0.05) is 23.2 Å². The van der Waals surface area contributed by atoms with E-state index in [-0.39, 0.29) is 4.88 Å². The lowest BCUT2D eigenvalue weighted by atomic mass is 10.3. The molecule has 104 valence electrons. The Bertz CT molecular complexity index is 672. The van der Waals surface area contributed by atoms with Gasteiger partial charge in [-0.2, -0.15) is 0 Å². The first-order valence-electron chi connectivity index (χ1n) is 5.32. The van der Waals surface area contributed by atoms with Crippen LogP contribution in [0.4, 0.5) is 15.5 Å². The molecular formula is C12H8Cl2N2O3S. The maximum absolute atomic E-state index is 11.8. The second-order valence-corrected chi connectivity index (χ2v) is 5.60. The lowest BCUT2D eigenvalue weighted by Crippen LogP contribution is -2.18. The number of hydrogen-bond donors (Lipinski definition) is 3. The number of carbonyl (C=O) groups excluding carboxylic acids is 1. The highest BCUT2D eigenvalue weighted by molar-refractivity contribution is 7.18. The smallest absolute Gasteiger partial charge is 0.345 e. The number of anilines is 2. The van der Waals surface area contributed by atoms with Crippen LogP contribution in [0.2, 0.25) is 10.0 Å². The first-order chi connectivity index (χ1) is 9.45. The third-order valence-electron chi connectivity index (χ3n) is 2.23. The molecule has 2 amide bonds. The SMILES string of the molecule is O=C(Nc1ccc(C(=O)O)s1)Nc1cc(Cl)ccc1Cl. The molecule has 2 rings (SSSR count). The van der Waals surface area contributed by atoms with Crippen molar-refractivity contribution in [3.8, 4) is 0 Å². The summed E-state index contributed by atoms with van der Waals surface area (Å²) in [6, 6.07) is 7.06. The average Bonchev–Trinajstić information content (AvgIpc) is 2.82. The molecule has 0 saturated heterocycles. The van der Waals surface area contributed by atoms with E-state index in [0.717, 1.165) is 11.3 Å². The number of benzene rings is 1. The molecule has 1 aromatic carbocycles. The zero-order valence-corrected chi connectivity index (χ0v) is 12.1. The molecule has 3 N–H and O–H groups in total. The van der Waals surface area contributed by atoms with E-state index in [0.29, 0.717) is 20.7 Å². The first-order valence-corrected chi connectivity index (χ1v) is 6.89. The van der Waals surface area contributed by atoms with Crippen molar-refractivity contribution in [2.75, 3.05) is 10.6 Å². The van der Waals surface area contributed by atoms with Gasteiger partial charge in [-0.3, -0.25) is 5.32 Å². The van der Waals surface area contributed by atoms with Crippen molar-refractivity contribution < 1.29 is 14.7 Å². The number of thiophene rings is 1. The molecule has 0 aliphatic heterocycles. The summed E-state index contributed by atoms with van der Waals surface area (Å²) < 4.78 is 0. The Morgan fingerprint density at radius 3 is 2.50 bits per heavy atom. The predicted octanol–water partition coefficient (Wildman–Crippen LogP) is 4.40. The minimum Gasteiger partial charge on any atom is -0.477 e. The monoisotopic (exact) mass is 330 g/mol. The molecule has 20 heavy (non-hydrogen) atoms. The Hall–Kier alpha value is -1.76. The summed E-state index contributed by atoms with van der Waals surface area (Å²) in [4.78, 5) is 22.6. The number of carboxylic acid groups (broad SMARTS) is 1. The van der Waals surface area contributed by atoms with Crippen LogP contribution in [0.25, 0.3) is 0 Å². The fourth-order valence-electron chi connectivity index (χ4n) is 1.38. The van der Waals surface area contributed by atoms with Crippen LogP contribution in [0, 0.1) is 0 Å². The van der Waals surface area contributed by atoms with Crippen LogP contribution in [-0.4, -0.2) is 17.1 Å². The third-order valence-corrected chi connectivity index (χ3v) is 3.78. The molecule has 1 heterocycles. The van der Waals surface area contributed by atoms with Crippen molar-refractivity contribution in [2.45, 2.75) is 0 Å². The standard InChI is InChI=1S/C12H8Cl2N2O3S/c13-6-1-2-7(14)8(5-6)15-12(19)16-10-4-3-9(20-10)11(17)18/h1-5H,(H,17,18)(H2,15,16,19). The Kier molecular flexibility index (Phi) is 4.49. The summed E-state index contributed by atoms with van der Waals surface area (Å²) in [5, 5.41) is 15.0. The lowest BCUT2D eigenvalue weighted by molar-refractivity contribution is 0.0702. The lowest BCUT2D eigenvalue weighted by Gasteiger charge is -2.08. The number of urea groups is 1. The number of aromatic carboxylic acids is 1. The van der Waals surface area contributed by atoms with Crippen molar-refractivity contribution in [1.82, 2.24) is 0 Å². The second-order valence-electron chi connectivity index (χ2n) is 3.67. The van der Waals surface area contributed by atoms with Gasteiger partial charge in [0.25, 0.3) is 0 Å². The van der Waals surface area contributed by atoms with E-state index in [1.807, 2.05) is 0 Å². The largest absolute Gasteiger partial charge is 0.477 e. The number of carboxylic acids is 1. The molecule has 0 aliphatic rings. The van der Waals surface area contributed by atoms with E-state index in [9.17, 15) is 9.59 Å². The van der Waals surface area contributed by atoms with Crippen molar-refractivity contribution in [2.24, 2.45) is 0 Å². The number of carbonyl (C=O) groups is 2. The number of rotatable bonds is 3. The van der Waals surface area contributed by atoms with Gasteiger partial charge in [-0.25, -0.2) is 9.59 Å². The van der Waals surface area contributed by atoms with Gasteiger partial charge in [0.05, 0.1) is 15.7 Å². The van der Waals surface area contributed by atoms with Crippen LogP contribution in [0.5, 0.6) is 0 Å². The van der Waals surface area contributed by atoms with Gasteiger partial charge < -0.3 is 10.4 Å². The van der Waals surface area contributed by atoms with Gasteiger partial charge in [0.1, 0.15) is 4.88 Å². The molecule has 1 aromatic heterocycles. The summed E-state index contributed by atoms with van der Waals surface area (Å²) in [5.41, 5.74) is 0.367. The molecule has 5 nitrogen and oxygen atoms in total. The van der Waals surface area contributed by atoms with Crippen LogP contribution < -0.4 is 10.6 Å². The highest BCUT2D eigenvalue weighted by Crippen LogP contribution is 2.26. The van der Waals surface area contributed by atoms with Gasteiger partial charge in [0.2, 0.25) is 0 Å². The van der Waals surface area contributed by atoms with E-state index >= 15 is 0 Å². The summed E-state index contributed by atoms with van der Waals surface area (Å²) >= 11 is 12.7. The van der Waals surface area contributed by atoms with Gasteiger partial charge in [0.15, 0.2) is 0 Å². The quantitative estimate of drug-likeness (QED) is 0.780. The number of halogens is 2. The van der Waals surface area contributed by atoms with Gasteiger partial charge in [-0.15, -0.1) is 11.3 Å². The van der Waals surface area contributed by atoms with E-state index < -0.39 is 12.0 Å². The van der Waals surface area contributed by atoms with Gasteiger partial charge in [-0.05, 0) is 30.3 Å². The Morgan fingerprint density at radius 1 is 1.10 bits per heavy atom. The highest BCUT2D eigenvalue weighted by atomic mass is 35.5. The summed E-state index contributed by atoms with van der Waals surface area (Å²) in [5.74, 6) is -1.04. The molecule has 0 saturated carbocycles. The van der Waals surface area contributed by atoms with Crippen molar-refractivity contribution in [1.29, 1.82) is 0 Å². The van der Waals surface area contributed by atoms with Crippen LogP contribution in [0.3, 0.4) is 0 Å². The van der Waals surface area contributed by atoms with Gasteiger partial charge in [0, 0.05) is 5.02 Å². The van der Waals surface area contributed by atoms with Crippen LogP contribution in [0.15, 0.2) is 30.3 Å². The van der Waals surface area contributed by atoms with Gasteiger partial charge >= 0.3 is 12.0 Å². The first kappa shape index (κ1) is 14.6. The zero-order valence-electron chi connectivity index (χ0n) is 9.81. The van der Waals surface area contributed by atoms with Crippen LogP contribution in [-0.2, 0) is 0 Å². The molecule has 0 aliphatic carbocycles. The Morgan fingerprint density at radius 2 is 1.85 bits per heavy atom. The molecule has 0 fully saturated rings. The third kappa shape index (κ3) is 3.63. The molecule has 0 spiro atoms. The van der Waals surface area contributed by atoms with Crippen molar-refractivity contribution >= 4 is 57.2 Å².